The summed E-state index contributed by atoms with van der Waals surface area (Å²) in [6.07, 6.45) is 3.22. The van der Waals surface area contributed by atoms with Crippen LogP contribution in [-0.2, 0) is 19.6 Å². The van der Waals surface area contributed by atoms with Crippen LogP contribution in [0.2, 0.25) is 0 Å². The molecule has 0 atom stereocenters. The van der Waals surface area contributed by atoms with Crippen molar-refractivity contribution >= 4 is 29.9 Å². The molecule has 0 aliphatic heterocycles. The Morgan fingerprint density at radius 3 is 2.68 bits per heavy atom. The van der Waals surface area contributed by atoms with Gasteiger partial charge in [-0.3, -0.25) is 0 Å². The highest BCUT2D eigenvalue weighted by molar-refractivity contribution is 14.0. The molecule has 0 fully saturated rings. The number of hydrogen-bond acceptors (Lipinski definition) is 3. The molecule has 0 amide bonds. The zero-order valence-electron chi connectivity index (χ0n) is 15.7. The molecule has 0 aliphatic carbocycles. The molecule has 2 aromatic carbocycles. The van der Waals surface area contributed by atoms with Crippen LogP contribution in [-0.4, -0.2) is 27.3 Å². The van der Waals surface area contributed by atoms with E-state index < -0.39 is 0 Å². The van der Waals surface area contributed by atoms with Gasteiger partial charge in [0, 0.05) is 18.7 Å². The molecule has 0 saturated heterocycles. The van der Waals surface area contributed by atoms with Crippen LogP contribution < -0.4 is 10.6 Å². The lowest BCUT2D eigenvalue weighted by molar-refractivity contribution is 0.604. The highest BCUT2D eigenvalue weighted by atomic mass is 127. The van der Waals surface area contributed by atoms with E-state index in [4.69, 9.17) is 0 Å². The third kappa shape index (κ3) is 6.59. The average molecular weight is 494 g/mol. The van der Waals surface area contributed by atoms with Crippen molar-refractivity contribution in [3.8, 4) is 0 Å². The van der Waals surface area contributed by atoms with E-state index in [0.29, 0.717) is 31.2 Å². The molecule has 28 heavy (non-hydrogen) atoms. The van der Waals surface area contributed by atoms with Crippen molar-refractivity contribution in [2.24, 2.45) is 4.99 Å². The molecule has 0 spiro atoms. The Morgan fingerprint density at radius 2 is 1.93 bits per heavy atom. The summed E-state index contributed by atoms with van der Waals surface area (Å²) in [5, 5.41) is 10.5. The minimum Gasteiger partial charge on any atom is -0.357 e. The first kappa shape index (κ1) is 21.8. The fraction of sp³-hybridized carbons (Fsp3) is 0.250. The van der Waals surface area contributed by atoms with Crippen LogP contribution in [0.15, 0.2) is 66.2 Å². The number of aliphatic imine (C=N–C) groups is 1. The van der Waals surface area contributed by atoms with Crippen molar-refractivity contribution in [2.75, 3.05) is 6.54 Å². The third-order valence-corrected chi connectivity index (χ3v) is 3.97. The molecule has 2 N–H and O–H groups in total. The van der Waals surface area contributed by atoms with Crippen molar-refractivity contribution in [1.82, 2.24) is 25.4 Å². The molecule has 148 valence electrons. The summed E-state index contributed by atoms with van der Waals surface area (Å²) in [7, 11) is 0. The Balaban J connectivity index is 0.00000280. The van der Waals surface area contributed by atoms with E-state index in [9.17, 15) is 4.39 Å². The predicted octanol–water partition coefficient (Wildman–Crippen LogP) is 3.34. The molecule has 0 radical (unpaired) electrons. The molecule has 1 aromatic heterocycles. The Hall–Kier alpha value is -2.49. The predicted molar refractivity (Wildman–Crippen MR) is 119 cm³/mol. The second-order valence-electron chi connectivity index (χ2n) is 6.05. The first-order valence-corrected chi connectivity index (χ1v) is 8.90. The van der Waals surface area contributed by atoms with Gasteiger partial charge in [-0.1, -0.05) is 42.5 Å². The lowest BCUT2D eigenvalue weighted by Gasteiger charge is -2.12. The van der Waals surface area contributed by atoms with Crippen LogP contribution in [0.3, 0.4) is 0 Å². The minimum atomic E-state index is -0.221. The van der Waals surface area contributed by atoms with Gasteiger partial charge < -0.3 is 10.6 Å². The van der Waals surface area contributed by atoms with Gasteiger partial charge in [-0.05, 0) is 24.1 Å². The smallest absolute Gasteiger partial charge is 0.191 e. The Morgan fingerprint density at radius 1 is 1.11 bits per heavy atom. The van der Waals surface area contributed by atoms with Crippen LogP contribution >= 0.6 is 24.0 Å². The topological polar surface area (TPSA) is 67.1 Å². The summed E-state index contributed by atoms with van der Waals surface area (Å²) in [6, 6.07) is 14.9. The van der Waals surface area contributed by atoms with Gasteiger partial charge >= 0.3 is 0 Å². The van der Waals surface area contributed by atoms with E-state index in [1.165, 1.54) is 12.4 Å². The van der Waals surface area contributed by atoms with Gasteiger partial charge in [0.2, 0.25) is 0 Å². The highest BCUT2D eigenvalue weighted by Gasteiger charge is 2.03. The zero-order chi connectivity index (χ0) is 18.9. The normalized spacial score (nSPS) is 11.0. The van der Waals surface area contributed by atoms with Crippen molar-refractivity contribution < 1.29 is 4.39 Å². The van der Waals surface area contributed by atoms with E-state index >= 15 is 0 Å². The molecule has 8 heteroatoms. The maximum absolute atomic E-state index is 13.8. The summed E-state index contributed by atoms with van der Waals surface area (Å²) < 4.78 is 15.5. The highest BCUT2D eigenvalue weighted by Crippen LogP contribution is 2.08. The molecular formula is C20H24FIN6. The molecule has 0 aliphatic rings. The van der Waals surface area contributed by atoms with E-state index in [-0.39, 0.29) is 29.8 Å². The third-order valence-electron chi connectivity index (χ3n) is 3.97. The first-order chi connectivity index (χ1) is 13.2. The average Bonchev–Trinajstić information content (AvgIpc) is 3.18. The quantitative estimate of drug-likeness (QED) is 0.301. The number of halogens is 2. The maximum atomic E-state index is 13.8. The Kier molecular flexibility index (Phi) is 8.86. The Labute approximate surface area is 181 Å². The minimum absolute atomic E-state index is 0. The number of guanidine groups is 1. The fourth-order valence-corrected chi connectivity index (χ4v) is 2.66. The standard InChI is InChI=1S/C20H23FN6.HI/c1-2-23-20(25-12-18-8-3-4-9-19(18)21)24-11-16-6-5-7-17(10-16)13-27-15-22-14-26-27;/h3-10,14-15H,2,11-13H2,1H3,(H2,23,24,25);1H. The number of rotatable bonds is 7. The summed E-state index contributed by atoms with van der Waals surface area (Å²) in [5.41, 5.74) is 2.84. The van der Waals surface area contributed by atoms with Crippen LogP contribution in [0.4, 0.5) is 4.39 Å². The summed E-state index contributed by atoms with van der Waals surface area (Å²) in [4.78, 5) is 8.56. The number of nitrogens with one attached hydrogen (secondary N) is 2. The monoisotopic (exact) mass is 494 g/mol. The number of hydrogen-bond donors (Lipinski definition) is 2. The second-order valence-corrected chi connectivity index (χ2v) is 6.05. The largest absolute Gasteiger partial charge is 0.357 e. The fourth-order valence-electron chi connectivity index (χ4n) is 2.66. The zero-order valence-corrected chi connectivity index (χ0v) is 18.0. The van der Waals surface area contributed by atoms with Crippen LogP contribution in [0, 0.1) is 5.82 Å². The second kappa shape index (κ2) is 11.4. The molecule has 0 unspecified atom stereocenters. The summed E-state index contributed by atoms with van der Waals surface area (Å²) in [6.45, 7) is 4.31. The number of benzene rings is 2. The van der Waals surface area contributed by atoms with Gasteiger partial charge in [0.05, 0.1) is 13.1 Å². The van der Waals surface area contributed by atoms with Crippen molar-refractivity contribution in [1.29, 1.82) is 0 Å². The molecule has 1 heterocycles. The SMILES string of the molecule is CCNC(=NCc1cccc(Cn2cncn2)c1)NCc1ccccc1F.I. The first-order valence-electron chi connectivity index (χ1n) is 8.90. The van der Waals surface area contributed by atoms with Crippen LogP contribution in [0.5, 0.6) is 0 Å². The van der Waals surface area contributed by atoms with Crippen molar-refractivity contribution in [3.63, 3.8) is 0 Å². The lowest BCUT2D eigenvalue weighted by Crippen LogP contribution is -2.37. The van der Waals surface area contributed by atoms with Gasteiger partial charge in [0.25, 0.3) is 0 Å². The molecule has 0 saturated carbocycles. The number of aromatic nitrogens is 3. The molecule has 0 bridgehead atoms. The van der Waals surface area contributed by atoms with Gasteiger partial charge in [0.15, 0.2) is 5.96 Å². The molecular weight excluding hydrogens is 470 g/mol. The van der Waals surface area contributed by atoms with E-state index in [1.807, 2.05) is 25.1 Å². The molecule has 3 aromatic rings. The summed E-state index contributed by atoms with van der Waals surface area (Å²) in [5.74, 6) is 0.434. The van der Waals surface area contributed by atoms with Gasteiger partial charge in [-0.25, -0.2) is 19.0 Å². The van der Waals surface area contributed by atoms with Crippen molar-refractivity contribution in [3.05, 3.63) is 83.7 Å². The van der Waals surface area contributed by atoms with Gasteiger partial charge in [0.1, 0.15) is 18.5 Å². The van der Waals surface area contributed by atoms with Crippen LogP contribution in [0.1, 0.15) is 23.6 Å². The molecule has 3 rings (SSSR count). The van der Waals surface area contributed by atoms with Crippen LogP contribution in [0.25, 0.3) is 0 Å². The summed E-state index contributed by atoms with van der Waals surface area (Å²) >= 11 is 0. The van der Waals surface area contributed by atoms with E-state index in [0.717, 1.165) is 17.7 Å². The van der Waals surface area contributed by atoms with Crippen molar-refractivity contribution in [2.45, 2.75) is 26.6 Å². The van der Waals surface area contributed by atoms with E-state index in [1.54, 1.807) is 23.1 Å². The maximum Gasteiger partial charge on any atom is 0.191 e. The van der Waals surface area contributed by atoms with E-state index in [2.05, 4.69) is 37.8 Å². The Bertz CT molecular complexity index is 882. The lowest BCUT2D eigenvalue weighted by atomic mass is 10.1. The number of nitrogens with zero attached hydrogens (tertiary/aromatic N) is 4. The van der Waals surface area contributed by atoms with Gasteiger partial charge in [-0.15, -0.1) is 24.0 Å². The molecule has 6 nitrogen and oxygen atoms in total. The van der Waals surface area contributed by atoms with Gasteiger partial charge in [-0.2, -0.15) is 5.10 Å².